The summed E-state index contributed by atoms with van der Waals surface area (Å²) in [4.78, 5) is 0. The van der Waals surface area contributed by atoms with E-state index in [9.17, 15) is 0 Å². The second kappa shape index (κ2) is 6.58. The van der Waals surface area contributed by atoms with Crippen molar-refractivity contribution in [3.05, 3.63) is 29.3 Å². The molecule has 1 N–H and O–H groups in total. The Hall–Kier alpha value is -1.53. The van der Waals surface area contributed by atoms with Crippen LogP contribution in [-0.4, -0.2) is 19.2 Å². The zero-order chi connectivity index (χ0) is 14.5. The lowest BCUT2D eigenvalue weighted by Crippen LogP contribution is -2.38. The number of ether oxygens (including phenoxy) is 1. The molecule has 0 radical (unpaired) electrons. The van der Waals surface area contributed by atoms with Crippen molar-refractivity contribution >= 4 is 0 Å². The van der Waals surface area contributed by atoms with Crippen LogP contribution in [0.25, 0.3) is 0 Å². The fourth-order valence-corrected chi connectivity index (χ4v) is 1.95. The summed E-state index contributed by atoms with van der Waals surface area (Å²) in [6.45, 7) is 8.91. The molecule has 0 bridgehead atoms. The largest absolute Gasteiger partial charge is 0.496 e. The van der Waals surface area contributed by atoms with E-state index in [2.05, 4.69) is 37.4 Å². The normalized spacial score (nSPS) is 11.4. The second-order valence-corrected chi connectivity index (χ2v) is 5.64. The van der Waals surface area contributed by atoms with E-state index < -0.39 is 5.54 Å². The molecule has 0 saturated carbocycles. The summed E-state index contributed by atoms with van der Waals surface area (Å²) in [5.41, 5.74) is 2.04. The Morgan fingerprint density at radius 3 is 2.58 bits per heavy atom. The average molecular weight is 260 g/mol. The summed E-state index contributed by atoms with van der Waals surface area (Å²) >= 11 is 0. The standard InChI is InChI=1S/C16H24N2O/c1-12(2)14-10-13(6-7-15(14)19-5)8-9-18-16(3,4)11-17/h6-7,10,12,18H,8-9H2,1-5H3. The van der Waals surface area contributed by atoms with E-state index in [-0.39, 0.29) is 0 Å². The molecular weight excluding hydrogens is 236 g/mol. The number of nitriles is 1. The molecule has 0 atom stereocenters. The fourth-order valence-electron chi connectivity index (χ4n) is 1.95. The van der Waals surface area contributed by atoms with Crippen LogP contribution in [-0.2, 0) is 6.42 Å². The minimum Gasteiger partial charge on any atom is -0.496 e. The maximum Gasteiger partial charge on any atom is 0.122 e. The predicted octanol–water partition coefficient (Wildman–Crippen LogP) is 3.25. The summed E-state index contributed by atoms with van der Waals surface area (Å²) in [5.74, 6) is 1.39. The first-order valence-corrected chi connectivity index (χ1v) is 6.72. The van der Waals surface area contributed by atoms with Gasteiger partial charge >= 0.3 is 0 Å². The van der Waals surface area contributed by atoms with Gasteiger partial charge in [0.2, 0.25) is 0 Å². The number of rotatable bonds is 6. The van der Waals surface area contributed by atoms with Crippen LogP contribution in [0.15, 0.2) is 18.2 Å². The summed E-state index contributed by atoms with van der Waals surface area (Å²) in [6, 6.07) is 8.56. The molecule has 0 unspecified atom stereocenters. The Labute approximate surface area is 116 Å². The number of benzene rings is 1. The summed E-state index contributed by atoms with van der Waals surface area (Å²) in [7, 11) is 1.71. The van der Waals surface area contributed by atoms with Crippen molar-refractivity contribution in [1.82, 2.24) is 5.32 Å². The first kappa shape index (κ1) is 15.5. The third-order valence-electron chi connectivity index (χ3n) is 3.18. The van der Waals surface area contributed by atoms with E-state index >= 15 is 0 Å². The van der Waals surface area contributed by atoms with E-state index in [0.29, 0.717) is 5.92 Å². The predicted molar refractivity (Wildman–Crippen MR) is 78.5 cm³/mol. The van der Waals surface area contributed by atoms with Gasteiger partial charge in [-0.25, -0.2) is 0 Å². The van der Waals surface area contributed by atoms with Crippen LogP contribution >= 0.6 is 0 Å². The van der Waals surface area contributed by atoms with Gasteiger partial charge in [-0.05, 0) is 43.4 Å². The van der Waals surface area contributed by atoms with Gasteiger partial charge in [-0.2, -0.15) is 5.26 Å². The third-order valence-corrected chi connectivity index (χ3v) is 3.18. The van der Waals surface area contributed by atoms with Crippen LogP contribution in [0.4, 0.5) is 0 Å². The zero-order valence-electron chi connectivity index (χ0n) is 12.6. The monoisotopic (exact) mass is 260 g/mol. The third kappa shape index (κ3) is 4.57. The Balaban J connectivity index is 2.71. The van der Waals surface area contributed by atoms with Crippen molar-refractivity contribution in [2.24, 2.45) is 0 Å². The Kier molecular flexibility index (Phi) is 5.38. The maximum atomic E-state index is 8.95. The van der Waals surface area contributed by atoms with Crippen molar-refractivity contribution in [2.75, 3.05) is 13.7 Å². The molecule has 0 heterocycles. The van der Waals surface area contributed by atoms with Crippen LogP contribution in [0, 0.1) is 11.3 Å². The van der Waals surface area contributed by atoms with Gasteiger partial charge in [0.05, 0.1) is 13.2 Å². The summed E-state index contributed by atoms with van der Waals surface area (Å²) in [5, 5.41) is 12.2. The SMILES string of the molecule is COc1ccc(CCNC(C)(C)C#N)cc1C(C)C. The van der Waals surface area contributed by atoms with Gasteiger partial charge in [0.1, 0.15) is 11.3 Å². The van der Waals surface area contributed by atoms with E-state index in [1.807, 2.05) is 19.9 Å². The average Bonchev–Trinajstić information content (AvgIpc) is 2.38. The molecule has 104 valence electrons. The van der Waals surface area contributed by atoms with Crippen molar-refractivity contribution < 1.29 is 4.74 Å². The number of hydrogen-bond acceptors (Lipinski definition) is 3. The van der Waals surface area contributed by atoms with Crippen molar-refractivity contribution in [1.29, 1.82) is 5.26 Å². The van der Waals surface area contributed by atoms with Crippen molar-refractivity contribution in [3.8, 4) is 11.8 Å². The van der Waals surface area contributed by atoms with Crippen LogP contribution in [0.3, 0.4) is 0 Å². The van der Waals surface area contributed by atoms with Gasteiger partial charge in [-0.1, -0.05) is 26.0 Å². The van der Waals surface area contributed by atoms with Gasteiger partial charge in [0.25, 0.3) is 0 Å². The lowest BCUT2D eigenvalue weighted by molar-refractivity contribution is 0.407. The maximum absolute atomic E-state index is 8.95. The molecule has 0 aliphatic carbocycles. The van der Waals surface area contributed by atoms with Gasteiger partial charge in [-0.15, -0.1) is 0 Å². The molecule has 1 aromatic carbocycles. The molecule has 0 saturated heterocycles. The Morgan fingerprint density at radius 2 is 2.05 bits per heavy atom. The van der Waals surface area contributed by atoms with Crippen LogP contribution in [0.5, 0.6) is 5.75 Å². The van der Waals surface area contributed by atoms with Crippen LogP contribution in [0.1, 0.15) is 44.7 Å². The lowest BCUT2D eigenvalue weighted by Gasteiger charge is -2.18. The highest BCUT2D eigenvalue weighted by Crippen LogP contribution is 2.27. The quantitative estimate of drug-likeness (QED) is 0.854. The lowest BCUT2D eigenvalue weighted by atomic mass is 9.98. The topological polar surface area (TPSA) is 45.0 Å². The van der Waals surface area contributed by atoms with Crippen LogP contribution in [0.2, 0.25) is 0 Å². The van der Waals surface area contributed by atoms with E-state index in [4.69, 9.17) is 10.00 Å². The molecule has 3 nitrogen and oxygen atoms in total. The van der Waals surface area contributed by atoms with Gasteiger partial charge < -0.3 is 4.74 Å². The molecule has 3 heteroatoms. The highest BCUT2D eigenvalue weighted by atomic mass is 16.5. The molecule has 0 aliphatic rings. The molecule has 0 aromatic heterocycles. The van der Waals surface area contributed by atoms with Gasteiger partial charge in [0, 0.05) is 6.54 Å². The summed E-state index contributed by atoms with van der Waals surface area (Å²) < 4.78 is 5.38. The minimum atomic E-state index is -0.465. The number of methoxy groups -OCH3 is 1. The molecule has 0 aliphatic heterocycles. The first-order valence-electron chi connectivity index (χ1n) is 6.72. The van der Waals surface area contributed by atoms with E-state index in [0.717, 1.165) is 18.7 Å². The molecule has 1 rings (SSSR count). The molecule has 1 aromatic rings. The van der Waals surface area contributed by atoms with Gasteiger partial charge in [0.15, 0.2) is 0 Å². The van der Waals surface area contributed by atoms with Crippen LogP contribution < -0.4 is 10.1 Å². The van der Waals surface area contributed by atoms with Crippen molar-refractivity contribution in [3.63, 3.8) is 0 Å². The molecule has 0 spiro atoms. The molecule has 0 fully saturated rings. The molecule has 19 heavy (non-hydrogen) atoms. The zero-order valence-corrected chi connectivity index (χ0v) is 12.6. The van der Waals surface area contributed by atoms with E-state index in [1.54, 1.807) is 7.11 Å². The highest BCUT2D eigenvalue weighted by molar-refractivity contribution is 5.39. The molecule has 0 amide bonds. The minimum absolute atomic E-state index is 0.443. The Morgan fingerprint density at radius 1 is 1.37 bits per heavy atom. The summed E-state index contributed by atoms with van der Waals surface area (Å²) in [6.07, 6.45) is 0.912. The number of nitrogens with zero attached hydrogens (tertiary/aromatic N) is 1. The first-order chi connectivity index (χ1) is 8.89. The fraction of sp³-hybridized carbons (Fsp3) is 0.562. The van der Waals surface area contributed by atoms with E-state index in [1.165, 1.54) is 11.1 Å². The smallest absolute Gasteiger partial charge is 0.122 e. The number of nitrogens with one attached hydrogen (secondary N) is 1. The number of hydrogen-bond donors (Lipinski definition) is 1. The molecular formula is C16H24N2O. The van der Waals surface area contributed by atoms with Gasteiger partial charge in [-0.3, -0.25) is 5.32 Å². The second-order valence-electron chi connectivity index (χ2n) is 5.64. The Bertz CT molecular complexity index is 458. The highest BCUT2D eigenvalue weighted by Gasteiger charge is 2.14. The van der Waals surface area contributed by atoms with Crippen molar-refractivity contribution in [2.45, 2.75) is 45.6 Å².